The summed E-state index contributed by atoms with van der Waals surface area (Å²) in [6.45, 7) is 7.78. The SMILES string of the molecule is Cc1cnc(Nc2ccc(OCCN3CCCC3)cc2)nc1NCC1CCCO1. The lowest BCUT2D eigenvalue weighted by molar-refractivity contribution is 0.120. The molecule has 2 fully saturated rings. The van der Waals surface area contributed by atoms with E-state index in [1.807, 2.05) is 37.4 Å². The fourth-order valence-corrected chi connectivity index (χ4v) is 3.76. The van der Waals surface area contributed by atoms with Crippen LogP contribution >= 0.6 is 0 Å². The highest BCUT2D eigenvalue weighted by Crippen LogP contribution is 2.21. The molecular weight excluding hydrogens is 366 g/mol. The van der Waals surface area contributed by atoms with E-state index >= 15 is 0 Å². The number of benzene rings is 1. The summed E-state index contributed by atoms with van der Waals surface area (Å²) in [6, 6.07) is 7.95. The Morgan fingerprint density at radius 3 is 2.76 bits per heavy atom. The van der Waals surface area contributed by atoms with Crippen molar-refractivity contribution in [3.05, 3.63) is 36.0 Å². The first kappa shape index (κ1) is 19.9. The van der Waals surface area contributed by atoms with Crippen LogP contribution in [0.5, 0.6) is 5.75 Å². The second-order valence-electron chi connectivity index (χ2n) is 7.79. The average Bonchev–Trinajstić information content (AvgIpc) is 3.44. The molecule has 0 bridgehead atoms. The number of anilines is 3. The number of ether oxygens (including phenoxy) is 2. The van der Waals surface area contributed by atoms with E-state index in [0.717, 1.165) is 62.0 Å². The number of aromatic nitrogens is 2. The van der Waals surface area contributed by atoms with Crippen LogP contribution in [0.1, 0.15) is 31.2 Å². The summed E-state index contributed by atoms with van der Waals surface area (Å²) >= 11 is 0. The largest absolute Gasteiger partial charge is 0.492 e. The average molecular weight is 398 g/mol. The third kappa shape index (κ3) is 5.81. The van der Waals surface area contributed by atoms with E-state index in [9.17, 15) is 0 Å². The van der Waals surface area contributed by atoms with Gasteiger partial charge < -0.3 is 20.1 Å². The van der Waals surface area contributed by atoms with Crippen molar-refractivity contribution in [1.82, 2.24) is 14.9 Å². The minimum Gasteiger partial charge on any atom is -0.492 e. The zero-order chi connectivity index (χ0) is 19.9. The molecule has 1 aromatic heterocycles. The molecule has 0 radical (unpaired) electrons. The van der Waals surface area contributed by atoms with Crippen LogP contribution in [0.3, 0.4) is 0 Å². The zero-order valence-electron chi connectivity index (χ0n) is 17.2. The summed E-state index contributed by atoms with van der Waals surface area (Å²) in [5, 5.41) is 6.67. The first-order valence-electron chi connectivity index (χ1n) is 10.7. The molecule has 0 amide bonds. The summed E-state index contributed by atoms with van der Waals surface area (Å²) in [7, 11) is 0. The number of hydrogen-bond donors (Lipinski definition) is 2. The van der Waals surface area contributed by atoms with Gasteiger partial charge in [-0.15, -0.1) is 0 Å². The Morgan fingerprint density at radius 2 is 2.00 bits per heavy atom. The van der Waals surface area contributed by atoms with Crippen LogP contribution in [0.4, 0.5) is 17.5 Å². The molecule has 1 unspecified atom stereocenters. The van der Waals surface area contributed by atoms with E-state index in [1.165, 1.54) is 25.9 Å². The van der Waals surface area contributed by atoms with Gasteiger partial charge in [-0.05, 0) is 70.0 Å². The Labute approximate surface area is 172 Å². The van der Waals surface area contributed by atoms with Crippen molar-refractivity contribution in [3.63, 3.8) is 0 Å². The molecule has 7 nitrogen and oxygen atoms in total. The molecule has 1 atom stereocenters. The van der Waals surface area contributed by atoms with E-state index < -0.39 is 0 Å². The lowest BCUT2D eigenvalue weighted by Gasteiger charge is -2.15. The maximum atomic E-state index is 5.87. The predicted octanol–water partition coefficient (Wildman–Crippen LogP) is 3.59. The molecular formula is C22H31N5O2. The van der Waals surface area contributed by atoms with Crippen molar-refractivity contribution >= 4 is 17.5 Å². The third-order valence-corrected chi connectivity index (χ3v) is 5.48. The molecule has 0 saturated carbocycles. The standard InChI is InChI=1S/C22H31N5O2/c1-17-15-24-22(26-21(17)23-16-20-5-4-13-28-20)25-18-6-8-19(9-7-18)29-14-12-27-10-2-3-11-27/h6-9,15,20H,2-5,10-14,16H2,1H3,(H2,23,24,25,26). The van der Waals surface area contributed by atoms with Crippen molar-refractivity contribution in [2.24, 2.45) is 0 Å². The monoisotopic (exact) mass is 397 g/mol. The van der Waals surface area contributed by atoms with Crippen LogP contribution in [-0.4, -0.2) is 60.4 Å². The first-order valence-corrected chi connectivity index (χ1v) is 10.7. The molecule has 4 rings (SSSR count). The van der Waals surface area contributed by atoms with Crippen LogP contribution in [-0.2, 0) is 4.74 Å². The molecule has 29 heavy (non-hydrogen) atoms. The minimum atomic E-state index is 0.277. The topological polar surface area (TPSA) is 71.5 Å². The van der Waals surface area contributed by atoms with Gasteiger partial charge in [-0.2, -0.15) is 4.98 Å². The van der Waals surface area contributed by atoms with Gasteiger partial charge in [-0.25, -0.2) is 4.98 Å². The fourth-order valence-electron chi connectivity index (χ4n) is 3.76. The highest BCUT2D eigenvalue weighted by atomic mass is 16.5. The number of nitrogens with zero attached hydrogens (tertiary/aromatic N) is 3. The Bertz CT molecular complexity index is 771. The third-order valence-electron chi connectivity index (χ3n) is 5.48. The Morgan fingerprint density at radius 1 is 1.17 bits per heavy atom. The lowest BCUT2D eigenvalue weighted by Crippen LogP contribution is -2.25. The fraction of sp³-hybridized carbons (Fsp3) is 0.545. The summed E-state index contributed by atoms with van der Waals surface area (Å²) in [5.41, 5.74) is 1.96. The molecule has 1 aromatic carbocycles. The smallest absolute Gasteiger partial charge is 0.229 e. The normalized spacial score (nSPS) is 19.4. The number of likely N-dealkylation sites (tertiary alicyclic amines) is 1. The van der Waals surface area contributed by atoms with E-state index in [-0.39, 0.29) is 6.10 Å². The maximum absolute atomic E-state index is 5.87. The van der Waals surface area contributed by atoms with Gasteiger partial charge in [0.25, 0.3) is 0 Å². The highest BCUT2D eigenvalue weighted by molar-refractivity contribution is 5.57. The van der Waals surface area contributed by atoms with Crippen molar-refractivity contribution in [2.45, 2.75) is 38.7 Å². The van der Waals surface area contributed by atoms with Gasteiger partial charge in [0.1, 0.15) is 18.2 Å². The van der Waals surface area contributed by atoms with E-state index in [1.54, 1.807) is 0 Å². The van der Waals surface area contributed by atoms with Crippen LogP contribution in [0.25, 0.3) is 0 Å². The van der Waals surface area contributed by atoms with E-state index in [2.05, 4.69) is 25.5 Å². The summed E-state index contributed by atoms with van der Waals surface area (Å²) in [4.78, 5) is 11.5. The highest BCUT2D eigenvalue weighted by Gasteiger charge is 2.16. The number of aryl methyl sites for hydroxylation is 1. The van der Waals surface area contributed by atoms with E-state index in [0.29, 0.717) is 5.95 Å². The summed E-state index contributed by atoms with van der Waals surface area (Å²) in [6.07, 6.45) is 6.98. The number of nitrogens with one attached hydrogen (secondary N) is 2. The second kappa shape index (κ2) is 9.89. The Balaban J connectivity index is 1.28. The predicted molar refractivity (Wildman–Crippen MR) is 115 cm³/mol. The van der Waals surface area contributed by atoms with Gasteiger partial charge in [0.15, 0.2) is 0 Å². The van der Waals surface area contributed by atoms with Crippen LogP contribution in [0, 0.1) is 6.92 Å². The van der Waals surface area contributed by atoms with Crippen molar-refractivity contribution in [3.8, 4) is 5.75 Å². The molecule has 2 aliphatic rings. The first-order chi connectivity index (χ1) is 14.3. The van der Waals surface area contributed by atoms with Crippen LogP contribution < -0.4 is 15.4 Å². The lowest BCUT2D eigenvalue weighted by atomic mass is 10.2. The molecule has 2 saturated heterocycles. The molecule has 2 N–H and O–H groups in total. The summed E-state index contributed by atoms with van der Waals surface area (Å²) < 4.78 is 11.5. The molecule has 3 heterocycles. The molecule has 156 valence electrons. The van der Waals surface area contributed by atoms with Gasteiger partial charge in [-0.3, -0.25) is 4.90 Å². The zero-order valence-corrected chi connectivity index (χ0v) is 17.2. The molecule has 2 aliphatic heterocycles. The molecule has 0 spiro atoms. The molecule has 7 heteroatoms. The van der Waals surface area contributed by atoms with Crippen molar-refractivity contribution in [2.75, 3.05) is 50.0 Å². The van der Waals surface area contributed by atoms with Crippen LogP contribution in [0.15, 0.2) is 30.5 Å². The molecule has 2 aromatic rings. The van der Waals surface area contributed by atoms with Gasteiger partial charge in [0.05, 0.1) is 6.10 Å². The van der Waals surface area contributed by atoms with Crippen molar-refractivity contribution in [1.29, 1.82) is 0 Å². The Hall–Kier alpha value is -2.38. The maximum Gasteiger partial charge on any atom is 0.229 e. The second-order valence-corrected chi connectivity index (χ2v) is 7.79. The van der Waals surface area contributed by atoms with Crippen LogP contribution in [0.2, 0.25) is 0 Å². The summed E-state index contributed by atoms with van der Waals surface area (Å²) in [5.74, 6) is 2.31. The van der Waals surface area contributed by atoms with E-state index in [4.69, 9.17) is 9.47 Å². The van der Waals surface area contributed by atoms with Gasteiger partial charge in [-0.1, -0.05) is 0 Å². The van der Waals surface area contributed by atoms with Gasteiger partial charge >= 0.3 is 0 Å². The number of hydrogen-bond acceptors (Lipinski definition) is 7. The number of rotatable bonds is 9. The van der Waals surface area contributed by atoms with Crippen molar-refractivity contribution < 1.29 is 9.47 Å². The minimum absolute atomic E-state index is 0.277. The molecule has 0 aliphatic carbocycles. The Kier molecular flexibility index (Phi) is 6.79. The van der Waals surface area contributed by atoms with Gasteiger partial charge in [0.2, 0.25) is 5.95 Å². The van der Waals surface area contributed by atoms with Gasteiger partial charge in [0, 0.05) is 37.1 Å². The quantitative estimate of drug-likeness (QED) is 0.670.